The first-order valence-electron chi connectivity index (χ1n) is 5.98. The predicted octanol–water partition coefficient (Wildman–Crippen LogP) is 2.49. The van der Waals surface area contributed by atoms with Gasteiger partial charge >= 0.3 is 0 Å². The molecule has 1 aromatic heterocycles. The second-order valence-corrected chi connectivity index (χ2v) is 4.22. The number of nitrogens with zero attached hydrogens (tertiary/aromatic N) is 1. The molecule has 0 radical (unpaired) electrons. The first kappa shape index (κ1) is 13.4. The van der Waals surface area contributed by atoms with Crippen molar-refractivity contribution >= 4 is 0 Å². The summed E-state index contributed by atoms with van der Waals surface area (Å²) in [5, 5.41) is 10.5. The number of benzene rings is 1. The minimum absolute atomic E-state index is 0.550. The van der Waals surface area contributed by atoms with Crippen molar-refractivity contribution in [3.63, 3.8) is 0 Å². The summed E-state index contributed by atoms with van der Waals surface area (Å²) in [5.74, 6) is 1.15. The monoisotopic (exact) mass is 259 g/mol. The number of pyridine rings is 1. The number of aryl methyl sites for hydroxylation is 1. The van der Waals surface area contributed by atoms with Crippen molar-refractivity contribution in [1.82, 2.24) is 4.98 Å². The Labute approximate surface area is 112 Å². The smallest absolute Gasteiger partial charge is 0.166 e. The van der Waals surface area contributed by atoms with E-state index in [0.29, 0.717) is 17.1 Å². The van der Waals surface area contributed by atoms with Crippen molar-refractivity contribution in [2.24, 2.45) is 0 Å². The van der Waals surface area contributed by atoms with E-state index in [-0.39, 0.29) is 0 Å². The molecule has 4 nitrogen and oxygen atoms in total. The van der Waals surface area contributed by atoms with Gasteiger partial charge in [0.05, 0.1) is 14.2 Å². The summed E-state index contributed by atoms with van der Waals surface area (Å²) < 4.78 is 10.6. The van der Waals surface area contributed by atoms with Crippen LogP contribution in [-0.4, -0.2) is 24.3 Å². The molecule has 0 bridgehead atoms. The average molecular weight is 259 g/mol. The van der Waals surface area contributed by atoms with Gasteiger partial charge in [-0.2, -0.15) is 0 Å². The third-order valence-corrected chi connectivity index (χ3v) is 3.09. The lowest BCUT2D eigenvalue weighted by Crippen LogP contribution is -2.05. The van der Waals surface area contributed by atoms with Crippen molar-refractivity contribution in [3.8, 4) is 11.5 Å². The Hall–Kier alpha value is -2.07. The number of ether oxygens (including phenoxy) is 2. The Morgan fingerprint density at radius 2 is 1.89 bits per heavy atom. The SMILES string of the molecule is COc1cccc(C(O)c2ccncc2C)c1OC. The van der Waals surface area contributed by atoms with E-state index in [4.69, 9.17) is 9.47 Å². The van der Waals surface area contributed by atoms with Gasteiger partial charge in [-0.15, -0.1) is 0 Å². The summed E-state index contributed by atoms with van der Waals surface area (Å²) in [6, 6.07) is 7.26. The van der Waals surface area contributed by atoms with Crippen LogP contribution in [0.25, 0.3) is 0 Å². The summed E-state index contributed by atoms with van der Waals surface area (Å²) in [7, 11) is 3.14. The lowest BCUT2D eigenvalue weighted by Gasteiger charge is -2.18. The first-order valence-corrected chi connectivity index (χ1v) is 5.98. The van der Waals surface area contributed by atoms with Crippen LogP contribution in [0.1, 0.15) is 22.8 Å². The summed E-state index contributed by atoms with van der Waals surface area (Å²) in [4.78, 5) is 4.03. The number of rotatable bonds is 4. The molecule has 0 amide bonds. The average Bonchev–Trinajstić information content (AvgIpc) is 2.46. The molecule has 100 valence electrons. The van der Waals surface area contributed by atoms with Gasteiger partial charge in [0.25, 0.3) is 0 Å². The van der Waals surface area contributed by atoms with Gasteiger partial charge < -0.3 is 14.6 Å². The molecule has 1 unspecified atom stereocenters. The standard InChI is InChI=1S/C15H17NO3/c1-10-9-16-8-7-11(10)14(17)12-5-4-6-13(18-2)15(12)19-3/h4-9,14,17H,1-3H3. The largest absolute Gasteiger partial charge is 0.493 e. The molecule has 1 heterocycles. The topological polar surface area (TPSA) is 51.6 Å². The van der Waals surface area contributed by atoms with Crippen LogP contribution in [0.5, 0.6) is 11.5 Å². The maximum Gasteiger partial charge on any atom is 0.166 e. The minimum atomic E-state index is -0.770. The Bertz CT molecular complexity index is 569. The Kier molecular flexibility index (Phi) is 4.02. The van der Waals surface area contributed by atoms with Crippen molar-refractivity contribution in [3.05, 3.63) is 53.3 Å². The van der Waals surface area contributed by atoms with Crippen LogP contribution in [0, 0.1) is 6.92 Å². The molecular weight excluding hydrogens is 242 g/mol. The normalized spacial score (nSPS) is 12.0. The number of para-hydroxylation sites is 1. The Morgan fingerprint density at radius 3 is 2.53 bits per heavy atom. The zero-order valence-electron chi connectivity index (χ0n) is 11.3. The number of hydrogen-bond acceptors (Lipinski definition) is 4. The molecule has 0 fully saturated rings. The summed E-state index contributed by atoms with van der Waals surface area (Å²) in [5.41, 5.74) is 2.41. The molecule has 0 aliphatic heterocycles. The zero-order chi connectivity index (χ0) is 13.8. The van der Waals surface area contributed by atoms with E-state index in [0.717, 1.165) is 11.1 Å². The molecule has 0 aliphatic rings. The van der Waals surface area contributed by atoms with E-state index < -0.39 is 6.10 Å². The molecule has 19 heavy (non-hydrogen) atoms. The lowest BCUT2D eigenvalue weighted by molar-refractivity contribution is 0.212. The molecule has 0 aliphatic carbocycles. The van der Waals surface area contributed by atoms with E-state index in [9.17, 15) is 5.11 Å². The van der Waals surface area contributed by atoms with E-state index in [1.165, 1.54) is 0 Å². The van der Waals surface area contributed by atoms with Gasteiger partial charge in [-0.25, -0.2) is 0 Å². The van der Waals surface area contributed by atoms with Gasteiger partial charge in [-0.1, -0.05) is 12.1 Å². The van der Waals surface area contributed by atoms with Gasteiger partial charge in [0, 0.05) is 18.0 Å². The highest BCUT2D eigenvalue weighted by Gasteiger charge is 2.19. The van der Waals surface area contributed by atoms with Gasteiger partial charge in [-0.05, 0) is 30.2 Å². The fourth-order valence-electron chi connectivity index (χ4n) is 2.09. The number of methoxy groups -OCH3 is 2. The predicted molar refractivity (Wildman–Crippen MR) is 72.6 cm³/mol. The highest BCUT2D eigenvalue weighted by Crippen LogP contribution is 2.37. The maximum atomic E-state index is 10.5. The minimum Gasteiger partial charge on any atom is -0.493 e. The summed E-state index contributed by atoms with van der Waals surface area (Å²) in [6.45, 7) is 1.91. The fourth-order valence-corrected chi connectivity index (χ4v) is 2.09. The second kappa shape index (κ2) is 5.71. The molecule has 0 saturated carbocycles. The van der Waals surface area contributed by atoms with Crippen LogP contribution in [0.3, 0.4) is 0 Å². The van der Waals surface area contributed by atoms with Crippen molar-refractivity contribution in [1.29, 1.82) is 0 Å². The number of hydrogen-bond donors (Lipinski definition) is 1. The van der Waals surface area contributed by atoms with Gasteiger partial charge in [0.1, 0.15) is 6.10 Å². The lowest BCUT2D eigenvalue weighted by atomic mass is 9.98. The van der Waals surface area contributed by atoms with Crippen LogP contribution in [0.2, 0.25) is 0 Å². The van der Waals surface area contributed by atoms with Gasteiger partial charge in [-0.3, -0.25) is 4.98 Å². The van der Waals surface area contributed by atoms with Crippen molar-refractivity contribution in [2.45, 2.75) is 13.0 Å². The quantitative estimate of drug-likeness (QED) is 0.916. The first-order chi connectivity index (χ1) is 9.19. The third kappa shape index (κ3) is 2.53. The molecule has 0 saturated heterocycles. The van der Waals surface area contributed by atoms with Crippen molar-refractivity contribution < 1.29 is 14.6 Å². The molecule has 1 atom stereocenters. The summed E-state index contributed by atoms with van der Waals surface area (Å²) >= 11 is 0. The number of aromatic nitrogens is 1. The van der Waals surface area contributed by atoms with Crippen LogP contribution in [-0.2, 0) is 0 Å². The highest BCUT2D eigenvalue weighted by atomic mass is 16.5. The van der Waals surface area contributed by atoms with E-state index in [2.05, 4.69) is 4.98 Å². The van der Waals surface area contributed by atoms with E-state index in [1.807, 2.05) is 19.1 Å². The van der Waals surface area contributed by atoms with E-state index in [1.54, 1.807) is 38.7 Å². The molecule has 4 heteroatoms. The fraction of sp³-hybridized carbons (Fsp3) is 0.267. The molecule has 1 N–H and O–H groups in total. The Morgan fingerprint density at radius 1 is 1.11 bits per heavy atom. The number of aliphatic hydroxyl groups is 1. The molecule has 2 rings (SSSR count). The van der Waals surface area contributed by atoms with Gasteiger partial charge in [0.2, 0.25) is 0 Å². The Balaban J connectivity index is 2.50. The van der Waals surface area contributed by atoms with E-state index >= 15 is 0 Å². The molecule has 2 aromatic rings. The molecular formula is C15H17NO3. The molecule has 0 spiro atoms. The maximum absolute atomic E-state index is 10.5. The van der Waals surface area contributed by atoms with Crippen LogP contribution in [0.4, 0.5) is 0 Å². The summed E-state index contributed by atoms with van der Waals surface area (Å²) in [6.07, 6.45) is 2.62. The highest BCUT2D eigenvalue weighted by molar-refractivity contribution is 5.50. The zero-order valence-corrected chi connectivity index (χ0v) is 11.3. The third-order valence-electron chi connectivity index (χ3n) is 3.09. The van der Waals surface area contributed by atoms with Crippen LogP contribution >= 0.6 is 0 Å². The number of aliphatic hydroxyl groups excluding tert-OH is 1. The second-order valence-electron chi connectivity index (χ2n) is 4.22. The van der Waals surface area contributed by atoms with Crippen molar-refractivity contribution in [2.75, 3.05) is 14.2 Å². The van der Waals surface area contributed by atoms with Crippen LogP contribution in [0.15, 0.2) is 36.7 Å². The van der Waals surface area contributed by atoms with Gasteiger partial charge in [0.15, 0.2) is 11.5 Å². The molecule has 1 aromatic carbocycles. The van der Waals surface area contributed by atoms with Crippen LogP contribution < -0.4 is 9.47 Å².